The number of rotatable bonds is 4. The van der Waals surface area contributed by atoms with Crippen LogP contribution in [0.5, 0.6) is 5.88 Å². The first-order chi connectivity index (χ1) is 19.1. The first kappa shape index (κ1) is 25.3. The molecule has 0 radical (unpaired) electrons. The molecule has 0 saturated heterocycles. The normalized spacial score (nSPS) is 25.4. The molecule has 0 amide bonds. The van der Waals surface area contributed by atoms with Crippen LogP contribution in [0.4, 0.5) is 5.69 Å². The molecule has 4 aliphatic carbocycles. The van der Waals surface area contributed by atoms with Crippen LogP contribution in [-0.4, -0.2) is 30.0 Å². The summed E-state index contributed by atoms with van der Waals surface area (Å²) in [6.07, 6.45) is 8.99. The maximum Gasteiger partial charge on any atom is 0.335 e. The topological polar surface area (TPSA) is 114 Å². The Kier molecular flexibility index (Phi) is 5.65. The summed E-state index contributed by atoms with van der Waals surface area (Å²) in [6.45, 7) is 0. The number of aromatic amines is 1. The number of imidazole rings is 1. The van der Waals surface area contributed by atoms with E-state index in [1.54, 1.807) is 36.9 Å². The highest BCUT2D eigenvalue weighted by molar-refractivity contribution is 9.10. The van der Waals surface area contributed by atoms with Crippen molar-refractivity contribution in [2.24, 2.45) is 36.8 Å². The molecule has 4 saturated carbocycles. The zero-order chi connectivity index (χ0) is 27.9. The van der Waals surface area contributed by atoms with Crippen molar-refractivity contribution >= 4 is 38.9 Å². The highest BCUT2D eigenvalue weighted by Gasteiger charge is 2.51. The summed E-state index contributed by atoms with van der Waals surface area (Å²) in [7, 11) is 3.37. The van der Waals surface area contributed by atoms with Crippen molar-refractivity contribution in [1.29, 1.82) is 0 Å². The van der Waals surface area contributed by atoms with Gasteiger partial charge in [0.1, 0.15) is 5.56 Å². The van der Waals surface area contributed by atoms with Crippen molar-refractivity contribution in [3.8, 4) is 11.6 Å². The molecule has 2 aromatic heterocycles. The molecule has 2 aromatic carbocycles. The lowest BCUT2D eigenvalue weighted by molar-refractivity contribution is -0.00521. The quantitative estimate of drug-likeness (QED) is 0.336. The fourth-order valence-electron chi connectivity index (χ4n) is 8.08. The molecule has 0 aliphatic heterocycles. The molecule has 0 unspecified atom stereocenters. The highest BCUT2D eigenvalue weighted by atomic mass is 79.9. The molecule has 206 valence electrons. The summed E-state index contributed by atoms with van der Waals surface area (Å²) >= 11 is 3.66. The minimum atomic E-state index is -0.739. The van der Waals surface area contributed by atoms with Gasteiger partial charge < -0.3 is 5.11 Å². The summed E-state index contributed by atoms with van der Waals surface area (Å²) in [5, 5.41) is 11.1. The second-order valence-electron chi connectivity index (χ2n) is 12.0. The highest BCUT2D eigenvalue weighted by Crippen LogP contribution is 2.61. The lowest BCUT2D eigenvalue weighted by atomic mass is 9.48. The molecule has 9 nitrogen and oxygen atoms in total. The first-order valence-corrected chi connectivity index (χ1v) is 14.5. The number of nitrogens with zero attached hydrogens (tertiary/aromatic N) is 4. The van der Waals surface area contributed by atoms with Crippen LogP contribution in [-0.2, 0) is 19.5 Å². The van der Waals surface area contributed by atoms with E-state index in [1.165, 1.54) is 54.9 Å². The van der Waals surface area contributed by atoms with Gasteiger partial charge in [0.25, 0.3) is 5.56 Å². The van der Waals surface area contributed by atoms with Gasteiger partial charge in [0.05, 0.1) is 22.4 Å². The summed E-state index contributed by atoms with van der Waals surface area (Å²) in [5.41, 5.74) is 2.09. The van der Waals surface area contributed by atoms with Crippen LogP contribution in [0, 0.1) is 17.8 Å². The molecule has 4 aromatic rings. The third-order valence-corrected chi connectivity index (χ3v) is 10.2. The number of aliphatic imine (C=N–C) groups is 1. The Labute approximate surface area is 237 Å². The molecule has 4 aliphatic rings. The Morgan fingerprint density at radius 2 is 1.60 bits per heavy atom. The third-order valence-electron chi connectivity index (χ3n) is 9.56. The summed E-state index contributed by atoms with van der Waals surface area (Å²) in [5.74, 6) is 1.94. The molecule has 2 heterocycles. The molecule has 40 heavy (non-hydrogen) atoms. The van der Waals surface area contributed by atoms with Gasteiger partial charge in [-0.25, -0.2) is 14.2 Å². The predicted molar refractivity (Wildman–Crippen MR) is 157 cm³/mol. The van der Waals surface area contributed by atoms with Gasteiger partial charge in [-0.2, -0.15) is 0 Å². The van der Waals surface area contributed by atoms with E-state index in [2.05, 4.69) is 38.0 Å². The number of fused-ring (bicyclic) bond motifs is 1. The maximum atomic E-state index is 12.9. The Balaban J connectivity index is 1.26. The number of H-pyrrole nitrogens is 1. The van der Waals surface area contributed by atoms with Gasteiger partial charge in [0.2, 0.25) is 5.88 Å². The lowest BCUT2D eigenvalue weighted by Gasteiger charge is -2.57. The van der Waals surface area contributed by atoms with Gasteiger partial charge in [-0.05, 0) is 114 Å². The number of hydrogen-bond acceptors (Lipinski definition) is 5. The second kappa shape index (κ2) is 8.92. The SMILES string of the molecule is Cn1c(=O)n(C)c2cc(N=Cc3c(O)n(-c4ccc(C56CC7CC(CC(C7)C5)C6)cc4Br)c(=O)[nH]c3=O)ccc21. The van der Waals surface area contributed by atoms with E-state index in [9.17, 15) is 19.5 Å². The average Bonchev–Trinajstić information content (AvgIpc) is 3.12. The Morgan fingerprint density at radius 1 is 0.950 bits per heavy atom. The smallest absolute Gasteiger partial charge is 0.335 e. The molecule has 4 fully saturated rings. The van der Waals surface area contributed by atoms with E-state index in [-0.39, 0.29) is 16.7 Å². The largest absolute Gasteiger partial charge is 0.493 e. The van der Waals surface area contributed by atoms with Crippen LogP contribution in [0.15, 0.2) is 60.2 Å². The van der Waals surface area contributed by atoms with Crippen molar-refractivity contribution in [1.82, 2.24) is 18.7 Å². The van der Waals surface area contributed by atoms with E-state index in [4.69, 9.17) is 0 Å². The van der Waals surface area contributed by atoms with Crippen LogP contribution in [0.2, 0.25) is 0 Å². The number of aromatic nitrogens is 4. The fraction of sp³-hybridized carbons (Fsp3) is 0.400. The third kappa shape index (κ3) is 3.79. The molecular formula is C30H30BrN5O4. The Morgan fingerprint density at radius 3 is 2.25 bits per heavy atom. The lowest BCUT2D eigenvalue weighted by Crippen LogP contribution is -2.48. The van der Waals surface area contributed by atoms with Crippen molar-refractivity contribution in [3.05, 3.63) is 83.3 Å². The van der Waals surface area contributed by atoms with Gasteiger partial charge in [0.15, 0.2) is 0 Å². The first-order valence-electron chi connectivity index (χ1n) is 13.7. The molecule has 2 N–H and O–H groups in total. The fourth-order valence-corrected chi connectivity index (χ4v) is 8.63. The molecule has 0 spiro atoms. The molecule has 0 atom stereocenters. The predicted octanol–water partition coefficient (Wildman–Crippen LogP) is 4.40. The van der Waals surface area contributed by atoms with Gasteiger partial charge in [-0.3, -0.25) is 23.9 Å². The summed E-state index contributed by atoms with van der Waals surface area (Å²) in [4.78, 5) is 44.6. The van der Waals surface area contributed by atoms with Crippen molar-refractivity contribution in [3.63, 3.8) is 0 Å². The zero-order valence-corrected chi connectivity index (χ0v) is 23.9. The number of halogens is 1. The van der Waals surface area contributed by atoms with Crippen LogP contribution in [0.25, 0.3) is 16.7 Å². The van der Waals surface area contributed by atoms with E-state index in [0.29, 0.717) is 21.4 Å². The zero-order valence-electron chi connectivity index (χ0n) is 22.4. The van der Waals surface area contributed by atoms with Crippen LogP contribution in [0.3, 0.4) is 0 Å². The van der Waals surface area contributed by atoms with Crippen LogP contribution < -0.4 is 16.9 Å². The maximum absolute atomic E-state index is 12.9. The van der Waals surface area contributed by atoms with E-state index in [1.807, 2.05) is 6.07 Å². The summed E-state index contributed by atoms with van der Waals surface area (Å²) < 4.78 is 4.84. The number of nitrogens with one attached hydrogen (secondary N) is 1. The summed E-state index contributed by atoms with van der Waals surface area (Å²) in [6, 6.07) is 11.2. The van der Waals surface area contributed by atoms with Crippen molar-refractivity contribution in [2.75, 3.05) is 0 Å². The average molecular weight is 605 g/mol. The van der Waals surface area contributed by atoms with E-state index < -0.39 is 17.1 Å². The number of aromatic hydroxyl groups is 1. The van der Waals surface area contributed by atoms with Crippen LogP contribution >= 0.6 is 15.9 Å². The minimum absolute atomic E-state index is 0.140. The van der Waals surface area contributed by atoms with Gasteiger partial charge in [-0.1, -0.05) is 6.07 Å². The number of hydrogen-bond donors (Lipinski definition) is 2. The second-order valence-corrected chi connectivity index (χ2v) is 12.9. The van der Waals surface area contributed by atoms with Gasteiger partial charge in [0, 0.05) is 24.8 Å². The van der Waals surface area contributed by atoms with Gasteiger partial charge in [-0.15, -0.1) is 0 Å². The Hall–Kier alpha value is -3.66. The molecular weight excluding hydrogens is 574 g/mol. The van der Waals surface area contributed by atoms with E-state index in [0.717, 1.165) is 27.8 Å². The van der Waals surface area contributed by atoms with Gasteiger partial charge >= 0.3 is 11.4 Å². The standard InChI is InChI=1S/C30H30BrN5O4/c1-34-24-6-4-20(11-25(24)35(2)29(34)40)32-15-21-26(37)33-28(39)36(27(21)38)23-5-3-19(10-22(23)31)30-12-16-7-17(13-30)9-18(8-16)14-30/h3-6,10-11,15-18,38H,7-9,12-14H2,1-2H3,(H,33,37,39). The molecule has 8 rings (SSSR count). The van der Waals surface area contributed by atoms with Crippen LogP contribution in [0.1, 0.15) is 49.7 Å². The number of aryl methyl sites for hydroxylation is 2. The van der Waals surface area contributed by atoms with E-state index >= 15 is 0 Å². The van der Waals surface area contributed by atoms with Crippen molar-refractivity contribution < 1.29 is 5.11 Å². The monoisotopic (exact) mass is 603 g/mol. The Bertz CT molecular complexity index is 1870. The number of benzene rings is 2. The van der Waals surface area contributed by atoms with Crippen molar-refractivity contribution in [2.45, 2.75) is 43.9 Å². The minimum Gasteiger partial charge on any atom is -0.493 e. The molecule has 4 bridgehead atoms. The molecule has 10 heteroatoms.